The molecule has 2 heterocycles. The fraction of sp³-hybridized carbons (Fsp3) is 0.389. The van der Waals surface area contributed by atoms with Crippen molar-refractivity contribution in [1.82, 2.24) is 9.88 Å². The number of anilines is 1. The second-order valence-corrected chi connectivity index (χ2v) is 5.86. The molecule has 1 fully saturated rings. The van der Waals surface area contributed by atoms with Gasteiger partial charge in [-0.05, 0) is 61.7 Å². The number of nitrogen functional groups attached to an aromatic ring is 1. The van der Waals surface area contributed by atoms with Crippen LogP contribution in [0.2, 0.25) is 0 Å². The summed E-state index contributed by atoms with van der Waals surface area (Å²) < 4.78 is 0. The number of hydrogen-bond acceptors (Lipinski definition) is 3. The van der Waals surface area contributed by atoms with Gasteiger partial charge in [0.2, 0.25) is 0 Å². The molecule has 0 aliphatic carbocycles. The van der Waals surface area contributed by atoms with Crippen LogP contribution in [0.4, 0.5) is 5.82 Å². The number of likely N-dealkylation sites (tertiary alicyclic amines) is 1. The number of rotatable bonds is 3. The van der Waals surface area contributed by atoms with Crippen molar-refractivity contribution < 1.29 is 0 Å². The van der Waals surface area contributed by atoms with E-state index in [4.69, 9.17) is 5.73 Å². The Balaban J connectivity index is 1.77. The fourth-order valence-electron chi connectivity index (χ4n) is 3.10. The Labute approximate surface area is 126 Å². The van der Waals surface area contributed by atoms with Crippen LogP contribution in [0.3, 0.4) is 0 Å². The van der Waals surface area contributed by atoms with Crippen molar-refractivity contribution in [2.75, 3.05) is 18.8 Å². The molecule has 1 aliphatic heterocycles. The number of aromatic nitrogens is 1. The molecule has 3 heteroatoms. The summed E-state index contributed by atoms with van der Waals surface area (Å²) in [6.45, 7) is 4.76. The van der Waals surface area contributed by atoms with Crippen molar-refractivity contribution >= 4 is 5.82 Å². The SMILES string of the molecule is C[C@H](c1ccc(-c2ccnc(N)c2)cc1)N1CCCCC1. The molecule has 0 amide bonds. The number of hydrogen-bond donors (Lipinski definition) is 1. The Bertz CT molecular complexity index is 586. The largest absolute Gasteiger partial charge is 0.384 e. The van der Waals surface area contributed by atoms with E-state index in [-0.39, 0.29) is 0 Å². The van der Waals surface area contributed by atoms with Crippen LogP contribution in [-0.2, 0) is 0 Å². The normalized spacial score (nSPS) is 17.6. The van der Waals surface area contributed by atoms with Crippen molar-refractivity contribution in [3.63, 3.8) is 0 Å². The van der Waals surface area contributed by atoms with E-state index in [1.54, 1.807) is 6.20 Å². The molecule has 3 nitrogen and oxygen atoms in total. The second kappa shape index (κ2) is 6.27. The van der Waals surface area contributed by atoms with Crippen molar-refractivity contribution in [2.24, 2.45) is 0 Å². The van der Waals surface area contributed by atoms with Crippen LogP contribution in [0.25, 0.3) is 11.1 Å². The van der Waals surface area contributed by atoms with E-state index >= 15 is 0 Å². The van der Waals surface area contributed by atoms with E-state index in [2.05, 4.69) is 41.1 Å². The molecule has 0 spiro atoms. The number of nitrogens with zero attached hydrogens (tertiary/aromatic N) is 2. The Morgan fingerprint density at radius 3 is 2.38 bits per heavy atom. The molecule has 1 atom stereocenters. The Morgan fingerprint density at radius 1 is 1.00 bits per heavy atom. The molecule has 1 aromatic heterocycles. The van der Waals surface area contributed by atoms with E-state index in [1.807, 2.05) is 12.1 Å². The maximum atomic E-state index is 5.75. The molecule has 1 saturated heterocycles. The molecule has 0 radical (unpaired) electrons. The minimum absolute atomic E-state index is 0.502. The lowest BCUT2D eigenvalue weighted by molar-refractivity contribution is 0.175. The maximum Gasteiger partial charge on any atom is 0.123 e. The van der Waals surface area contributed by atoms with Gasteiger partial charge >= 0.3 is 0 Å². The van der Waals surface area contributed by atoms with Crippen LogP contribution in [0, 0.1) is 0 Å². The zero-order chi connectivity index (χ0) is 14.7. The number of benzene rings is 1. The van der Waals surface area contributed by atoms with Crippen LogP contribution < -0.4 is 5.73 Å². The Morgan fingerprint density at radius 2 is 1.71 bits per heavy atom. The average molecular weight is 281 g/mol. The summed E-state index contributed by atoms with van der Waals surface area (Å²) in [6, 6.07) is 13.3. The van der Waals surface area contributed by atoms with Crippen LogP contribution >= 0.6 is 0 Å². The molecule has 3 rings (SSSR count). The monoisotopic (exact) mass is 281 g/mol. The summed E-state index contributed by atoms with van der Waals surface area (Å²) in [4.78, 5) is 6.63. The highest BCUT2D eigenvalue weighted by Gasteiger charge is 2.17. The molecule has 110 valence electrons. The van der Waals surface area contributed by atoms with E-state index in [9.17, 15) is 0 Å². The third-order valence-corrected chi connectivity index (χ3v) is 4.45. The van der Waals surface area contributed by atoms with Gasteiger partial charge in [0.25, 0.3) is 0 Å². The average Bonchev–Trinajstić information content (AvgIpc) is 2.55. The predicted octanol–water partition coefficient (Wildman–Crippen LogP) is 3.88. The summed E-state index contributed by atoms with van der Waals surface area (Å²) in [5, 5.41) is 0. The van der Waals surface area contributed by atoms with Crippen molar-refractivity contribution in [3.8, 4) is 11.1 Å². The minimum atomic E-state index is 0.502. The van der Waals surface area contributed by atoms with Crippen LogP contribution in [-0.4, -0.2) is 23.0 Å². The molecular weight excluding hydrogens is 258 g/mol. The van der Waals surface area contributed by atoms with Gasteiger partial charge in [0, 0.05) is 12.2 Å². The molecule has 2 N–H and O–H groups in total. The first kappa shape index (κ1) is 14.1. The smallest absolute Gasteiger partial charge is 0.123 e. The summed E-state index contributed by atoms with van der Waals surface area (Å²) in [5.74, 6) is 0.568. The van der Waals surface area contributed by atoms with Crippen molar-refractivity contribution in [1.29, 1.82) is 0 Å². The summed E-state index contributed by atoms with van der Waals surface area (Å²) >= 11 is 0. The van der Waals surface area contributed by atoms with Gasteiger partial charge in [-0.15, -0.1) is 0 Å². The zero-order valence-electron chi connectivity index (χ0n) is 12.6. The van der Waals surface area contributed by atoms with Gasteiger partial charge in [0.05, 0.1) is 0 Å². The fourth-order valence-corrected chi connectivity index (χ4v) is 3.10. The second-order valence-electron chi connectivity index (χ2n) is 5.86. The molecule has 0 saturated carbocycles. The molecule has 1 aromatic carbocycles. The first-order chi connectivity index (χ1) is 10.2. The van der Waals surface area contributed by atoms with E-state index in [0.29, 0.717) is 11.9 Å². The van der Waals surface area contributed by atoms with Gasteiger partial charge in [0.1, 0.15) is 5.82 Å². The lowest BCUT2D eigenvalue weighted by atomic mass is 9.99. The molecule has 21 heavy (non-hydrogen) atoms. The molecular formula is C18H23N3. The number of pyridine rings is 1. The predicted molar refractivity (Wildman–Crippen MR) is 87.9 cm³/mol. The first-order valence-corrected chi connectivity index (χ1v) is 7.80. The minimum Gasteiger partial charge on any atom is -0.384 e. The highest BCUT2D eigenvalue weighted by molar-refractivity contribution is 5.65. The number of nitrogens with two attached hydrogens (primary N) is 1. The van der Waals surface area contributed by atoms with Gasteiger partial charge in [-0.2, -0.15) is 0 Å². The van der Waals surface area contributed by atoms with Crippen molar-refractivity contribution in [2.45, 2.75) is 32.2 Å². The lowest BCUT2D eigenvalue weighted by Crippen LogP contribution is -2.32. The van der Waals surface area contributed by atoms with Gasteiger partial charge in [0.15, 0.2) is 0 Å². The first-order valence-electron chi connectivity index (χ1n) is 7.80. The Kier molecular flexibility index (Phi) is 4.20. The maximum absolute atomic E-state index is 5.75. The van der Waals surface area contributed by atoms with Crippen LogP contribution in [0.1, 0.15) is 37.8 Å². The quantitative estimate of drug-likeness (QED) is 0.928. The van der Waals surface area contributed by atoms with E-state index < -0.39 is 0 Å². The molecule has 1 aliphatic rings. The zero-order valence-corrected chi connectivity index (χ0v) is 12.6. The van der Waals surface area contributed by atoms with Gasteiger partial charge in [-0.3, -0.25) is 4.90 Å². The Hall–Kier alpha value is -1.87. The molecule has 0 unspecified atom stereocenters. The van der Waals surface area contributed by atoms with Crippen LogP contribution in [0.15, 0.2) is 42.6 Å². The van der Waals surface area contributed by atoms with Gasteiger partial charge < -0.3 is 5.73 Å². The van der Waals surface area contributed by atoms with Gasteiger partial charge in [-0.25, -0.2) is 4.98 Å². The third kappa shape index (κ3) is 3.24. The lowest BCUT2D eigenvalue weighted by Gasteiger charge is -2.32. The third-order valence-electron chi connectivity index (χ3n) is 4.45. The van der Waals surface area contributed by atoms with Crippen LogP contribution in [0.5, 0.6) is 0 Å². The number of piperidine rings is 1. The molecule has 0 bridgehead atoms. The topological polar surface area (TPSA) is 42.1 Å². The summed E-state index contributed by atoms with van der Waals surface area (Å²) in [7, 11) is 0. The molecule has 2 aromatic rings. The van der Waals surface area contributed by atoms with Gasteiger partial charge in [-0.1, -0.05) is 30.7 Å². The summed E-state index contributed by atoms with van der Waals surface area (Å²) in [6.07, 6.45) is 5.80. The standard InChI is InChI=1S/C18H23N3/c1-14(21-11-3-2-4-12-21)15-5-7-16(8-6-15)17-9-10-20-18(19)13-17/h5-10,13-14H,2-4,11-12H2,1H3,(H2,19,20)/t14-/m1/s1. The highest BCUT2D eigenvalue weighted by Crippen LogP contribution is 2.27. The highest BCUT2D eigenvalue weighted by atomic mass is 15.2. The van der Waals surface area contributed by atoms with Crippen molar-refractivity contribution in [3.05, 3.63) is 48.2 Å². The van der Waals surface area contributed by atoms with E-state index in [1.165, 1.54) is 43.5 Å². The van der Waals surface area contributed by atoms with E-state index in [0.717, 1.165) is 5.56 Å². The summed E-state index contributed by atoms with van der Waals surface area (Å²) in [5.41, 5.74) is 9.46.